The lowest BCUT2D eigenvalue weighted by molar-refractivity contribution is -0.132. The van der Waals surface area contributed by atoms with E-state index in [0.29, 0.717) is 16.3 Å². The number of carbonyl (C=O) groups excluding carboxylic acids is 2. The molecule has 1 N–H and O–H groups in total. The van der Waals surface area contributed by atoms with E-state index in [-0.39, 0.29) is 11.3 Å². The maximum absolute atomic E-state index is 13.2. The number of fused-ring (bicyclic) bond motifs is 1. The van der Waals surface area contributed by atoms with Crippen LogP contribution in [0.5, 0.6) is 0 Å². The summed E-state index contributed by atoms with van der Waals surface area (Å²) in [5.41, 5.74) is 1.71. The maximum atomic E-state index is 13.2. The molecule has 0 radical (unpaired) electrons. The molecule has 1 atom stereocenters. The number of rotatable bonds is 3. The maximum Gasteiger partial charge on any atom is 0.300 e. The van der Waals surface area contributed by atoms with E-state index in [1.54, 1.807) is 36.4 Å². The van der Waals surface area contributed by atoms with E-state index >= 15 is 0 Å². The first-order chi connectivity index (χ1) is 15.6. The number of hydrogen-bond acceptors (Lipinski definition) is 4. The van der Waals surface area contributed by atoms with Crippen molar-refractivity contribution >= 4 is 45.5 Å². The molecule has 32 heavy (non-hydrogen) atoms. The van der Waals surface area contributed by atoms with Crippen LogP contribution in [0.15, 0.2) is 96.8 Å². The Labute approximate surface area is 189 Å². The monoisotopic (exact) mass is 440 g/mol. The van der Waals surface area contributed by atoms with Gasteiger partial charge in [-0.1, -0.05) is 54.1 Å². The SMILES string of the molecule is O=C1C(=O)N(c2ccc(Cl)cc2)C(c2cccc3ccccc23)/C1=C(/O)c1ccncc1. The number of aliphatic hydroxyl groups excluding tert-OH is 1. The van der Waals surface area contributed by atoms with Crippen LogP contribution in [0.3, 0.4) is 0 Å². The number of hydrogen-bond donors (Lipinski definition) is 1. The number of pyridine rings is 1. The minimum absolute atomic E-state index is 0.0347. The first kappa shape index (κ1) is 20.0. The predicted molar refractivity (Wildman–Crippen MR) is 124 cm³/mol. The van der Waals surface area contributed by atoms with E-state index in [1.807, 2.05) is 42.5 Å². The lowest BCUT2D eigenvalue weighted by atomic mass is 9.91. The largest absolute Gasteiger partial charge is 0.507 e. The first-order valence-corrected chi connectivity index (χ1v) is 10.4. The third-order valence-corrected chi connectivity index (χ3v) is 5.87. The van der Waals surface area contributed by atoms with E-state index in [9.17, 15) is 14.7 Å². The van der Waals surface area contributed by atoms with Crippen LogP contribution in [0, 0.1) is 0 Å². The standard InChI is InChI=1S/C26H17ClN2O3/c27-18-8-10-19(11-9-18)29-23(21-7-3-5-16-4-1-2-6-20(16)21)22(25(31)26(29)32)24(30)17-12-14-28-15-13-17/h1-15,23,30H/b24-22-. The van der Waals surface area contributed by atoms with Gasteiger partial charge in [0, 0.05) is 28.7 Å². The van der Waals surface area contributed by atoms with Gasteiger partial charge in [-0.15, -0.1) is 0 Å². The third-order valence-electron chi connectivity index (χ3n) is 5.62. The van der Waals surface area contributed by atoms with Crippen molar-refractivity contribution in [2.45, 2.75) is 6.04 Å². The molecule has 1 saturated heterocycles. The number of anilines is 1. The molecule has 1 aromatic heterocycles. The van der Waals surface area contributed by atoms with Crippen molar-refractivity contribution in [2.75, 3.05) is 4.90 Å². The summed E-state index contributed by atoms with van der Waals surface area (Å²) in [4.78, 5) is 31.9. The van der Waals surface area contributed by atoms with Crippen molar-refractivity contribution in [3.8, 4) is 0 Å². The molecule has 0 bridgehead atoms. The number of aliphatic hydroxyl groups is 1. The molecule has 1 unspecified atom stereocenters. The van der Waals surface area contributed by atoms with Crippen molar-refractivity contribution in [1.29, 1.82) is 0 Å². The Morgan fingerprint density at radius 1 is 0.875 bits per heavy atom. The Morgan fingerprint density at radius 3 is 2.31 bits per heavy atom. The molecular formula is C26H17ClN2O3. The molecule has 2 heterocycles. The average molecular weight is 441 g/mol. The van der Waals surface area contributed by atoms with Gasteiger partial charge in [-0.3, -0.25) is 19.5 Å². The van der Waals surface area contributed by atoms with Gasteiger partial charge in [0.25, 0.3) is 11.7 Å². The fourth-order valence-corrected chi connectivity index (χ4v) is 4.27. The molecule has 156 valence electrons. The van der Waals surface area contributed by atoms with E-state index in [2.05, 4.69) is 4.98 Å². The van der Waals surface area contributed by atoms with E-state index in [4.69, 9.17) is 11.6 Å². The summed E-state index contributed by atoms with van der Waals surface area (Å²) in [6.07, 6.45) is 3.05. The quantitative estimate of drug-likeness (QED) is 0.259. The second kappa shape index (κ2) is 7.94. The van der Waals surface area contributed by atoms with Gasteiger partial charge in [-0.05, 0) is 52.7 Å². The summed E-state index contributed by atoms with van der Waals surface area (Å²) in [6.45, 7) is 0. The number of carbonyl (C=O) groups is 2. The number of aromatic nitrogens is 1. The fourth-order valence-electron chi connectivity index (χ4n) is 4.15. The number of halogens is 1. The lowest BCUT2D eigenvalue weighted by Gasteiger charge is -2.26. The molecule has 6 heteroatoms. The van der Waals surface area contributed by atoms with Crippen molar-refractivity contribution in [2.24, 2.45) is 0 Å². The topological polar surface area (TPSA) is 70.5 Å². The highest BCUT2D eigenvalue weighted by Gasteiger charge is 2.47. The van der Waals surface area contributed by atoms with Gasteiger partial charge in [0.2, 0.25) is 0 Å². The Bertz CT molecular complexity index is 1380. The van der Waals surface area contributed by atoms with Crippen molar-refractivity contribution in [3.05, 3.63) is 113 Å². The van der Waals surface area contributed by atoms with Gasteiger partial charge in [-0.2, -0.15) is 0 Å². The van der Waals surface area contributed by atoms with Gasteiger partial charge in [0.15, 0.2) is 0 Å². The zero-order valence-electron chi connectivity index (χ0n) is 16.8. The number of amides is 1. The first-order valence-electron chi connectivity index (χ1n) is 10.0. The van der Waals surface area contributed by atoms with Crippen LogP contribution in [0.25, 0.3) is 16.5 Å². The Hall–Kier alpha value is -3.96. The number of nitrogens with zero attached hydrogens (tertiary/aromatic N) is 2. The molecule has 5 rings (SSSR count). The minimum Gasteiger partial charge on any atom is -0.507 e. The molecule has 0 spiro atoms. The van der Waals surface area contributed by atoms with Crippen LogP contribution in [0.4, 0.5) is 5.69 Å². The second-order valence-corrected chi connectivity index (χ2v) is 7.89. The molecule has 1 aliphatic rings. The fraction of sp³-hybridized carbons (Fsp3) is 0.0385. The van der Waals surface area contributed by atoms with Crippen molar-refractivity contribution < 1.29 is 14.7 Å². The Balaban J connectivity index is 1.81. The van der Waals surface area contributed by atoms with Crippen LogP contribution in [0.1, 0.15) is 17.2 Å². The molecule has 1 amide bonds. The van der Waals surface area contributed by atoms with Gasteiger partial charge >= 0.3 is 0 Å². The van der Waals surface area contributed by atoms with E-state index in [0.717, 1.165) is 16.3 Å². The van der Waals surface area contributed by atoms with Gasteiger partial charge in [0.05, 0.1) is 11.6 Å². The summed E-state index contributed by atoms with van der Waals surface area (Å²) < 4.78 is 0. The normalized spacial score (nSPS) is 17.8. The molecule has 0 saturated carbocycles. The Morgan fingerprint density at radius 2 is 1.56 bits per heavy atom. The summed E-state index contributed by atoms with van der Waals surface area (Å²) in [6, 6.07) is 22.6. The van der Waals surface area contributed by atoms with Crippen molar-refractivity contribution in [1.82, 2.24) is 4.98 Å². The number of ketones is 1. The van der Waals surface area contributed by atoms with Crippen LogP contribution in [-0.2, 0) is 9.59 Å². The summed E-state index contributed by atoms with van der Waals surface area (Å²) in [7, 11) is 0. The predicted octanol–water partition coefficient (Wildman–Crippen LogP) is 5.51. The molecular weight excluding hydrogens is 424 g/mol. The summed E-state index contributed by atoms with van der Waals surface area (Å²) in [5.74, 6) is -1.69. The van der Waals surface area contributed by atoms with Crippen LogP contribution >= 0.6 is 11.6 Å². The molecule has 1 fully saturated rings. The van der Waals surface area contributed by atoms with Gasteiger partial charge in [0.1, 0.15) is 5.76 Å². The lowest BCUT2D eigenvalue weighted by Crippen LogP contribution is -2.29. The Kier molecular flexibility index (Phi) is 4.96. The molecule has 0 aliphatic carbocycles. The third kappa shape index (κ3) is 3.24. The van der Waals surface area contributed by atoms with E-state index < -0.39 is 17.7 Å². The molecule has 5 nitrogen and oxygen atoms in total. The van der Waals surface area contributed by atoms with E-state index in [1.165, 1.54) is 17.3 Å². The van der Waals surface area contributed by atoms with Crippen LogP contribution in [0.2, 0.25) is 5.02 Å². The number of benzene rings is 3. The van der Waals surface area contributed by atoms with Crippen molar-refractivity contribution in [3.63, 3.8) is 0 Å². The highest BCUT2D eigenvalue weighted by molar-refractivity contribution is 6.52. The summed E-state index contributed by atoms with van der Waals surface area (Å²) in [5, 5.41) is 13.5. The van der Waals surface area contributed by atoms with Gasteiger partial charge in [-0.25, -0.2) is 0 Å². The molecule has 1 aliphatic heterocycles. The highest BCUT2D eigenvalue weighted by atomic mass is 35.5. The summed E-state index contributed by atoms with van der Waals surface area (Å²) >= 11 is 6.05. The second-order valence-electron chi connectivity index (χ2n) is 7.45. The zero-order chi connectivity index (χ0) is 22.2. The van der Waals surface area contributed by atoms with Crippen LogP contribution < -0.4 is 4.90 Å². The minimum atomic E-state index is -0.810. The zero-order valence-corrected chi connectivity index (χ0v) is 17.5. The van der Waals surface area contributed by atoms with Crippen LogP contribution in [-0.4, -0.2) is 21.8 Å². The van der Waals surface area contributed by atoms with Gasteiger partial charge < -0.3 is 5.11 Å². The molecule has 3 aromatic carbocycles. The average Bonchev–Trinajstić information content (AvgIpc) is 3.09. The highest BCUT2D eigenvalue weighted by Crippen LogP contribution is 2.44. The molecule has 4 aromatic rings. The number of Topliss-reactive ketones (excluding diaryl/α,β-unsaturated/α-hetero) is 1. The smallest absolute Gasteiger partial charge is 0.300 e.